The third-order valence-corrected chi connectivity index (χ3v) is 4.74. The summed E-state index contributed by atoms with van der Waals surface area (Å²) < 4.78 is 5.44. The summed E-state index contributed by atoms with van der Waals surface area (Å²) in [6.45, 7) is 0.260. The third kappa shape index (κ3) is 8.45. The highest BCUT2D eigenvalue weighted by atomic mass is 35.5. The molecular formula is C24H22ClN5O5. The highest BCUT2D eigenvalue weighted by molar-refractivity contribution is 6.39. The fraction of sp³-hybridized carbons (Fsp3) is 0.125. The number of carbonyl (C=O) groups is 4. The smallest absolute Gasteiger partial charge is 0.329 e. The molecule has 0 bridgehead atoms. The van der Waals surface area contributed by atoms with Crippen LogP contribution in [0, 0.1) is 0 Å². The molecule has 4 amide bonds. The Balaban J connectivity index is 1.37. The average molecular weight is 496 g/mol. The fourth-order valence-electron chi connectivity index (χ4n) is 2.81. The van der Waals surface area contributed by atoms with Crippen molar-refractivity contribution in [3.8, 4) is 0 Å². The number of hydrazone groups is 1. The van der Waals surface area contributed by atoms with Crippen molar-refractivity contribution >= 4 is 47.1 Å². The van der Waals surface area contributed by atoms with Crippen molar-refractivity contribution < 1.29 is 23.6 Å². The summed E-state index contributed by atoms with van der Waals surface area (Å²) in [4.78, 5) is 47.6. The molecule has 35 heavy (non-hydrogen) atoms. The second kappa shape index (κ2) is 12.7. The maximum atomic E-state index is 12.0. The lowest BCUT2D eigenvalue weighted by Crippen LogP contribution is -2.38. The molecule has 0 atom stereocenters. The molecule has 0 aliphatic carbocycles. The van der Waals surface area contributed by atoms with Crippen LogP contribution in [-0.2, 0) is 32.1 Å². The molecule has 0 spiro atoms. The number of rotatable bonds is 8. The number of nitrogens with one attached hydrogen (secondary N) is 4. The van der Waals surface area contributed by atoms with Gasteiger partial charge in [0.15, 0.2) is 0 Å². The third-order valence-electron chi connectivity index (χ3n) is 4.50. The van der Waals surface area contributed by atoms with Crippen molar-refractivity contribution in [3.63, 3.8) is 0 Å². The zero-order chi connectivity index (χ0) is 25.0. The normalized spacial score (nSPS) is 10.5. The lowest BCUT2D eigenvalue weighted by Gasteiger charge is -2.05. The summed E-state index contributed by atoms with van der Waals surface area (Å²) >= 11 is 5.84. The van der Waals surface area contributed by atoms with E-state index in [1.807, 2.05) is 30.3 Å². The Morgan fingerprint density at radius 1 is 0.857 bits per heavy atom. The van der Waals surface area contributed by atoms with Crippen LogP contribution in [0.2, 0.25) is 5.02 Å². The Bertz CT molecular complexity index is 1230. The van der Waals surface area contributed by atoms with E-state index in [0.29, 0.717) is 29.4 Å². The molecule has 3 aromatic rings. The van der Waals surface area contributed by atoms with Crippen molar-refractivity contribution in [2.45, 2.75) is 13.0 Å². The van der Waals surface area contributed by atoms with Gasteiger partial charge in [0, 0.05) is 17.3 Å². The van der Waals surface area contributed by atoms with E-state index in [2.05, 4.69) is 26.5 Å². The second-order valence-electron chi connectivity index (χ2n) is 7.14. The van der Waals surface area contributed by atoms with Gasteiger partial charge in [-0.05, 0) is 42.3 Å². The van der Waals surface area contributed by atoms with Gasteiger partial charge in [0.1, 0.15) is 11.5 Å². The molecule has 2 aromatic carbocycles. The zero-order valence-corrected chi connectivity index (χ0v) is 19.2. The van der Waals surface area contributed by atoms with Gasteiger partial charge < -0.3 is 20.4 Å². The van der Waals surface area contributed by atoms with Crippen LogP contribution in [0.3, 0.4) is 0 Å². The Morgan fingerprint density at radius 2 is 1.63 bits per heavy atom. The van der Waals surface area contributed by atoms with Gasteiger partial charge in [0.05, 0.1) is 12.8 Å². The van der Waals surface area contributed by atoms with Crippen LogP contribution >= 0.6 is 11.6 Å². The van der Waals surface area contributed by atoms with Gasteiger partial charge in [0.25, 0.3) is 0 Å². The largest absolute Gasteiger partial charge is 0.458 e. The zero-order valence-electron chi connectivity index (χ0n) is 18.4. The predicted octanol–water partition coefficient (Wildman–Crippen LogP) is 2.00. The summed E-state index contributed by atoms with van der Waals surface area (Å²) in [5, 5.41) is 11.5. The number of halogens is 1. The number of carbonyl (C=O) groups excluding carboxylic acids is 4. The van der Waals surface area contributed by atoms with Crippen LogP contribution in [0.4, 0.5) is 5.69 Å². The lowest BCUT2D eigenvalue weighted by molar-refractivity contribution is -0.139. The predicted molar refractivity (Wildman–Crippen MR) is 130 cm³/mol. The number of nitrogens with zero attached hydrogens (tertiary/aromatic N) is 1. The maximum Gasteiger partial charge on any atom is 0.329 e. The molecule has 0 aliphatic heterocycles. The van der Waals surface area contributed by atoms with Crippen molar-refractivity contribution in [2.24, 2.45) is 5.10 Å². The lowest BCUT2D eigenvalue weighted by atomic mass is 10.1. The molecule has 4 N–H and O–H groups in total. The molecule has 0 saturated heterocycles. The van der Waals surface area contributed by atoms with Crippen LogP contribution in [0.15, 0.2) is 76.2 Å². The van der Waals surface area contributed by atoms with Crippen molar-refractivity contribution in [1.29, 1.82) is 0 Å². The molecule has 1 heterocycles. The number of benzene rings is 2. The van der Waals surface area contributed by atoms with Crippen LogP contribution in [0.1, 0.15) is 17.1 Å². The molecule has 0 aliphatic rings. The van der Waals surface area contributed by atoms with Crippen LogP contribution < -0.4 is 21.4 Å². The van der Waals surface area contributed by atoms with Gasteiger partial charge in [0.2, 0.25) is 0 Å². The van der Waals surface area contributed by atoms with E-state index >= 15 is 0 Å². The summed E-state index contributed by atoms with van der Waals surface area (Å²) in [5.74, 6) is -2.83. The topological polar surface area (TPSA) is 142 Å². The molecule has 0 unspecified atom stereocenters. The number of amides is 4. The van der Waals surface area contributed by atoms with E-state index < -0.39 is 23.6 Å². The second-order valence-corrected chi connectivity index (χ2v) is 7.58. The van der Waals surface area contributed by atoms with Gasteiger partial charge in [-0.1, -0.05) is 48.0 Å². The number of furan rings is 1. The molecule has 180 valence electrons. The SMILES string of the molecule is O=C(NCCc1ccccc1)C(=O)N/N=C/c1ccc(CNC(=O)C(=O)Nc2cccc(Cl)c2)o1. The summed E-state index contributed by atoms with van der Waals surface area (Å²) in [6, 6.07) is 19.0. The molecular weight excluding hydrogens is 474 g/mol. The Labute approximate surface area is 205 Å². The van der Waals surface area contributed by atoms with E-state index in [4.69, 9.17) is 16.0 Å². The molecule has 11 heteroatoms. The molecule has 0 fully saturated rings. The molecule has 0 saturated carbocycles. The van der Waals surface area contributed by atoms with Crippen molar-refractivity contribution in [1.82, 2.24) is 16.1 Å². The average Bonchev–Trinajstić information content (AvgIpc) is 3.30. The first-order valence-corrected chi connectivity index (χ1v) is 10.9. The van der Waals surface area contributed by atoms with Gasteiger partial charge in [-0.15, -0.1) is 0 Å². The summed E-state index contributed by atoms with van der Waals surface area (Å²) in [5.41, 5.74) is 3.54. The van der Waals surface area contributed by atoms with Crippen LogP contribution in [0.25, 0.3) is 0 Å². The highest BCUT2D eigenvalue weighted by Crippen LogP contribution is 2.14. The standard InChI is InChI=1S/C24H22ClN5O5/c25-17-7-4-8-18(13-17)29-23(33)21(31)27-14-19-9-10-20(35-19)15-28-30-24(34)22(32)26-12-11-16-5-2-1-3-6-16/h1-10,13,15H,11-12,14H2,(H,26,32)(H,27,31)(H,29,33)(H,30,34)/b28-15+. The van der Waals surface area contributed by atoms with E-state index in [1.54, 1.807) is 30.3 Å². The first kappa shape index (κ1) is 25.2. The van der Waals surface area contributed by atoms with Crippen molar-refractivity contribution in [3.05, 3.63) is 88.8 Å². The van der Waals surface area contributed by atoms with Crippen LogP contribution in [0.5, 0.6) is 0 Å². The fourth-order valence-corrected chi connectivity index (χ4v) is 3.00. The van der Waals surface area contributed by atoms with Crippen molar-refractivity contribution in [2.75, 3.05) is 11.9 Å². The molecule has 3 rings (SSSR count). The van der Waals surface area contributed by atoms with E-state index in [9.17, 15) is 19.2 Å². The summed E-state index contributed by atoms with van der Waals surface area (Å²) in [6.07, 6.45) is 1.80. The Morgan fingerprint density at radius 3 is 2.40 bits per heavy atom. The van der Waals surface area contributed by atoms with Gasteiger partial charge in [-0.3, -0.25) is 19.2 Å². The first-order chi connectivity index (χ1) is 16.9. The minimum atomic E-state index is -0.918. The number of hydrogen-bond donors (Lipinski definition) is 4. The van der Waals surface area contributed by atoms with E-state index in [-0.39, 0.29) is 12.3 Å². The summed E-state index contributed by atoms with van der Waals surface area (Å²) in [7, 11) is 0. The van der Waals surface area contributed by atoms with Crippen LogP contribution in [-0.4, -0.2) is 36.4 Å². The molecule has 10 nitrogen and oxygen atoms in total. The van der Waals surface area contributed by atoms with E-state index in [1.165, 1.54) is 12.3 Å². The highest BCUT2D eigenvalue weighted by Gasteiger charge is 2.15. The monoisotopic (exact) mass is 495 g/mol. The van der Waals surface area contributed by atoms with E-state index in [0.717, 1.165) is 5.56 Å². The molecule has 1 aromatic heterocycles. The minimum absolute atomic E-state index is 0.0498. The number of hydrogen-bond acceptors (Lipinski definition) is 6. The minimum Gasteiger partial charge on any atom is -0.458 e. The van der Waals surface area contributed by atoms with Gasteiger partial charge in [-0.25, -0.2) is 5.43 Å². The maximum absolute atomic E-state index is 12.0. The van der Waals surface area contributed by atoms with Gasteiger partial charge in [-0.2, -0.15) is 5.10 Å². The van der Waals surface area contributed by atoms with Gasteiger partial charge >= 0.3 is 23.6 Å². The Kier molecular flexibility index (Phi) is 9.14. The quantitative estimate of drug-likeness (QED) is 0.215. The number of anilines is 1. The molecule has 0 radical (unpaired) electrons. The first-order valence-electron chi connectivity index (χ1n) is 10.5. The Hall–Kier alpha value is -4.44.